The van der Waals surface area contributed by atoms with Crippen molar-refractivity contribution >= 4 is 37.5 Å². The van der Waals surface area contributed by atoms with E-state index in [1.807, 2.05) is 19.1 Å². The van der Waals surface area contributed by atoms with E-state index in [9.17, 15) is 13.2 Å². The van der Waals surface area contributed by atoms with Gasteiger partial charge in [0.25, 0.3) is 5.91 Å². The van der Waals surface area contributed by atoms with Crippen LogP contribution in [0.5, 0.6) is 5.75 Å². The molecule has 1 aliphatic rings. The van der Waals surface area contributed by atoms with E-state index in [4.69, 9.17) is 4.74 Å². The van der Waals surface area contributed by atoms with Gasteiger partial charge in [-0.25, -0.2) is 8.42 Å². The highest BCUT2D eigenvalue weighted by Crippen LogP contribution is 2.30. The molecule has 0 aliphatic carbocycles. The van der Waals surface area contributed by atoms with E-state index < -0.39 is 10.0 Å². The zero-order valence-electron chi connectivity index (χ0n) is 15.2. The Balaban J connectivity index is 1.92. The highest BCUT2D eigenvalue weighted by Gasteiger charge is 2.30. The van der Waals surface area contributed by atoms with Crippen LogP contribution in [0.25, 0.3) is 0 Å². The van der Waals surface area contributed by atoms with Crippen LogP contribution in [0.1, 0.15) is 28.8 Å². The summed E-state index contributed by atoms with van der Waals surface area (Å²) >= 11 is 3.42. The molecule has 1 fully saturated rings. The number of hydrogen-bond acceptors (Lipinski definition) is 4. The van der Waals surface area contributed by atoms with Gasteiger partial charge in [0.2, 0.25) is 10.0 Å². The van der Waals surface area contributed by atoms with Crippen LogP contribution in [0.3, 0.4) is 0 Å². The van der Waals surface area contributed by atoms with Crippen molar-refractivity contribution in [2.24, 2.45) is 0 Å². The van der Waals surface area contributed by atoms with E-state index in [2.05, 4.69) is 21.2 Å². The second-order valence-electron chi connectivity index (χ2n) is 6.39. The zero-order valence-corrected chi connectivity index (χ0v) is 17.6. The minimum atomic E-state index is -3.70. The molecule has 1 amide bonds. The fraction of sp³-hybridized carbons (Fsp3) is 0.316. The number of benzene rings is 2. The third kappa shape index (κ3) is 4.17. The number of aryl methyl sites for hydroxylation is 1. The Morgan fingerprint density at radius 3 is 2.48 bits per heavy atom. The Morgan fingerprint density at radius 2 is 1.85 bits per heavy atom. The Labute approximate surface area is 167 Å². The van der Waals surface area contributed by atoms with Gasteiger partial charge in [-0.1, -0.05) is 15.9 Å². The molecule has 1 saturated heterocycles. The fourth-order valence-corrected chi connectivity index (χ4v) is 4.96. The van der Waals surface area contributed by atoms with Crippen LogP contribution in [0, 0.1) is 6.92 Å². The molecule has 0 saturated carbocycles. The van der Waals surface area contributed by atoms with Gasteiger partial charge in [-0.2, -0.15) is 4.31 Å². The molecule has 3 rings (SSSR count). The molecule has 0 bridgehead atoms. The monoisotopic (exact) mass is 452 g/mol. The lowest BCUT2D eigenvalue weighted by Gasteiger charge is -2.18. The number of rotatable bonds is 5. The van der Waals surface area contributed by atoms with Gasteiger partial charge in [0.1, 0.15) is 10.6 Å². The summed E-state index contributed by atoms with van der Waals surface area (Å²) in [5.74, 6) is -0.143. The summed E-state index contributed by atoms with van der Waals surface area (Å²) in [6.07, 6.45) is 1.68. The summed E-state index contributed by atoms with van der Waals surface area (Å²) < 4.78 is 33.5. The molecule has 8 heteroatoms. The number of nitrogens with one attached hydrogen (secondary N) is 1. The van der Waals surface area contributed by atoms with Crippen molar-refractivity contribution in [1.82, 2.24) is 4.31 Å². The van der Waals surface area contributed by atoms with Crippen LogP contribution in [-0.2, 0) is 10.0 Å². The first-order valence-corrected chi connectivity index (χ1v) is 10.8. The minimum absolute atomic E-state index is 0.0199. The van der Waals surface area contributed by atoms with Crippen LogP contribution >= 0.6 is 15.9 Å². The summed E-state index contributed by atoms with van der Waals surface area (Å²) in [6, 6.07) is 9.93. The van der Waals surface area contributed by atoms with E-state index in [-0.39, 0.29) is 22.1 Å². The lowest BCUT2D eigenvalue weighted by Crippen LogP contribution is -2.28. The average Bonchev–Trinajstić information content (AvgIpc) is 3.20. The zero-order chi connectivity index (χ0) is 19.6. The smallest absolute Gasteiger partial charge is 0.255 e. The van der Waals surface area contributed by atoms with Crippen molar-refractivity contribution in [1.29, 1.82) is 0 Å². The average molecular weight is 453 g/mol. The van der Waals surface area contributed by atoms with Gasteiger partial charge in [0.05, 0.1) is 7.11 Å². The van der Waals surface area contributed by atoms with E-state index in [1.54, 1.807) is 12.1 Å². The number of ether oxygens (including phenoxy) is 1. The minimum Gasteiger partial charge on any atom is -0.495 e. The van der Waals surface area contributed by atoms with E-state index in [0.29, 0.717) is 18.8 Å². The Morgan fingerprint density at radius 1 is 1.15 bits per heavy atom. The normalized spacial score (nSPS) is 14.9. The topological polar surface area (TPSA) is 75.7 Å². The SMILES string of the molecule is COc1ccc(C(=O)Nc2ccc(Br)c(C)c2)cc1S(=O)(=O)N1CCCC1. The number of sulfonamides is 1. The Bertz CT molecular complexity index is 970. The molecule has 1 N–H and O–H groups in total. The largest absolute Gasteiger partial charge is 0.495 e. The van der Waals surface area contributed by atoms with Gasteiger partial charge in [-0.15, -0.1) is 0 Å². The molecule has 0 atom stereocenters. The molecule has 6 nitrogen and oxygen atoms in total. The van der Waals surface area contributed by atoms with Crippen molar-refractivity contribution < 1.29 is 17.9 Å². The van der Waals surface area contributed by atoms with Crippen LogP contribution in [0.15, 0.2) is 45.8 Å². The first kappa shape index (κ1) is 19.9. The third-order valence-electron chi connectivity index (χ3n) is 4.52. The molecule has 144 valence electrons. The molecule has 0 radical (unpaired) electrons. The molecule has 0 unspecified atom stereocenters. The van der Waals surface area contributed by atoms with Crippen LogP contribution < -0.4 is 10.1 Å². The number of carbonyl (C=O) groups is 1. The summed E-state index contributed by atoms with van der Waals surface area (Å²) in [6.45, 7) is 2.90. The summed E-state index contributed by atoms with van der Waals surface area (Å²) in [7, 11) is -2.28. The molecule has 27 heavy (non-hydrogen) atoms. The van der Waals surface area contributed by atoms with Gasteiger partial charge in [-0.05, 0) is 61.7 Å². The quantitative estimate of drug-likeness (QED) is 0.748. The molecular formula is C19H21BrN2O4S. The molecular weight excluding hydrogens is 432 g/mol. The van der Waals surface area contributed by atoms with Gasteiger partial charge in [0.15, 0.2) is 0 Å². The van der Waals surface area contributed by atoms with Gasteiger partial charge >= 0.3 is 0 Å². The summed E-state index contributed by atoms with van der Waals surface area (Å²) in [5, 5.41) is 2.80. The van der Waals surface area contributed by atoms with Crippen LogP contribution in [0.2, 0.25) is 0 Å². The number of methoxy groups -OCH3 is 1. The molecule has 2 aromatic carbocycles. The van der Waals surface area contributed by atoms with Crippen molar-refractivity contribution in [3.8, 4) is 5.75 Å². The second kappa shape index (κ2) is 8.00. The standard InChI is InChI=1S/C19H21BrN2O4S/c1-13-11-15(6-7-16(13)20)21-19(23)14-5-8-17(26-2)18(12-14)27(24,25)22-9-3-4-10-22/h5-8,11-12H,3-4,9-10H2,1-2H3,(H,21,23). The second-order valence-corrected chi connectivity index (χ2v) is 9.16. The van der Waals surface area contributed by atoms with Crippen LogP contribution in [-0.4, -0.2) is 38.8 Å². The van der Waals surface area contributed by atoms with Crippen molar-refractivity contribution in [2.75, 3.05) is 25.5 Å². The lowest BCUT2D eigenvalue weighted by atomic mass is 10.2. The number of halogens is 1. The Kier molecular flexibility index (Phi) is 5.88. The molecule has 2 aromatic rings. The number of amides is 1. The maximum Gasteiger partial charge on any atom is 0.255 e. The predicted molar refractivity (Wildman–Crippen MR) is 108 cm³/mol. The number of nitrogens with zero attached hydrogens (tertiary/aromatic N) is 1. The maximum absolute atomic E-state index is 12.9. The predicted octanol–water partition coefficient (Wildman–Crippen LogP) is 3.80. The lowest BCUT2D eigenvalue weighted by molar-refractivity contribution is 0.102. The first-order chi connectivity index (χ1) is 12.8. The summed E-state index contributed by atoms with van der Waals surface area (Å²) in [4.78, 5) is 12.7. The molecule has 1 heterocycles. The van der Waals surface area contributed by atoms with Crippen molar-refractivity contribution in [3.63, 3.8) is 0 Å². The first-order valence-electron chi connectivity index (χ1n) is 8.58. The number of hydrogen-bond donors (Lipinski definition) is 1. The van der Waals surface area contributed by atoms with E-state index in [1.165, 1.54) is 23.5 Å². The molecule has 0 aromatic heterocycles. The Hall–Kier alpha value is -1.90. The van der Waals surface area contributed by atoms with E-state index in [0.717, 1.165) is 22.9 Å². The highest BCUT2D eigenvalue weighted by atomic mass is 79.9. The molecule has 0 spiro atoms. The maximum atomic E-state index is 12.9. The summed E-state index contributed by atoms with van der Waals surface area (Å²) in [5.41, 5.74) is 1.88. The molecule has 1 aliphatic heterocycles. The van der Waals surface area contributed by atoms with Gasteiger partial charge in [0, 0.05) is 28.8 Å². The number of anilines is 1. The fourth-order valence-electron chi connectivity index (χ4n) is 3.01. The van der Waals surface area contributed by atoms with Crippen LogP contribution in [0.4, 0.5) is 5.69 Å². The highest BCUT2D eigenvalue weighted by molar-refractivity contribution is 9.10. The van der Waals surface area contributed by atoms with Crippen molar-refractivity contribution in [2.45, 2.75) is 24.7 Å². The van der Waals surface area contributed by atoms with E-state index >= 15 is 0 Å². The van der Waals surface area contributed by atoms with Gasteiger partial charge in [-0.3, -0.25) is 4.79 Å². The third-order valence-corrected chi connectivity index (χ3v) is 7.33. The van der Waals surface area contributed by atoms with Gasteiger partial charge < -0.3 is 10.1 Å². The number of carbonyl (C=O) groups excluding carboxylic acids is 1. The van der Waals surface area contributed by atoms with Crippen molar-refractivity contribution in [3.05, 3.63) is 52.0 Å².